The average Bonchev–Trinajstić information content (AvgIpc) is 2.36. The molecule has 1 amide bonds. The number of benzene rings is 1. The van der Waals surface area contributed by atoms with Crippen LogP contribution in [0.3, 0.4) is 0 Å². The third-order valence-electron chi connectivity index (χ3n) is 2.46. The van der Waals surface area contributed by atoms with Crippen LogP contribution in [0.25, 0.3) is 0 Å². The minimum absolute atomic E-state index is 0.142. The summed E-state index contributed by atoms with van der Waals surface area (Å²) in [6, 6.07) is 9.25. The minimum atomic E-state index is -2.46. The van der Waals surface area contributed by atoms with Crippen LogP contribution in [0, 0.1) is 5.92 Å². The first-order valence-electron chi connectivity index (χ1n) is 6.11. The molecule has 1 aromatic rings. The average molecular weight is 284 g/mol. The van der Waals surface area contributed by atoms with E-state index in [-0.39, 0.29) is 12.5 Å². The van der Waals surface area contributed by atoms with Gasteiger partial charge in [0, 0.05) is 6.42 Å². The summed E-state index contributed by atoms with van der Waals surface area (Å²) >= 11 is 0. The molecular formula is C13H19NO4P+. The number of hydrogen-bond donors (Lipinski definition) is 2. The Kier molecular flexibility index (Phi) is 6.46. The molecule has 1 rings (SSSR count). The van der Waals surface area contributed by atoms with Crippen LogP contribution in [-0.2, 0) is 15.9 Å². The Morgan fingerprint density at radius 1 is 1.37 bits per heavy atom. The van der Waals surface area contributed by atoms with Gasteiger partial charge in [-0.1, -0.05) is 44.2 Å². The Morgan fingerprint density at radius 2 is 2.00 bits per heavy atom. The van der Waals surface area contributed by atoms with Crippen molar-refractivity contribution in [2.24, 2.45) is 5.92 Å². The maximum absolute atomic E-state index is 11.5. The molecule has 5 nitrogen and oxygen atoms in total. The zero-order chi connectivity index (χ0) is 14.3. The lowest BCUT2D eigenvalue weighted by atomic mass is 10.1. The quantitative estimate of drug-likeness (QED) is 0.787. The van der Waals surface area contributed by atoms with Gasteiger partial charge < -0.3 is 4.74 Å². The summed E-state index contributed by atoms with van der Waals surface area (Å²) < 4.78 is 16.1. The predicted molar refractivity (Wildman–Crippen MR) is 72.8 cm³/mol. The molecule has 0 saturated heterocycles. The van der Waals surface area contributed by atoms with Gasteiger partial charge in [0.1, 0.15) is 6.61 Å². The minimum Gasteiger partial charge on any atom is -0.445 e. The summed E-state index contributed by atoms with van der Waals surface area (Å²) in [5, 5.41) is 2.42. The van der Waals surface area contributed by atoms with E-state index in [1.54, 1.807) is 0 Å². The Morgan fingerprint density at radius 3 is 2.53 bits per heavy atom. The zero-order valence-electron chi connectivity index (χ0n) is 11.1. The van der Waals surface area contributed by atoms with E-state index >= 15 is 0 Å². The Labute approximate surface area is 113 Å². The van der Waals surface area contributed by atoms with Crippen LogP contribution in [0.2, 0.25) is 0 Å². The lowest BCUT2D eigenvalue weighted by Gasteiger charge is -2.10. The van der Waals surface area contributed by atoms with E-state index in [1.165, 1.54) is 0 Å². The summed E-state index contributed by atoms with van der Waals surface area (Å²) in [6.07, 6.45) is -0.238. The number of alkyl carbamates (subject to hydrolysis) is 1. The smallest absolute Gasteiger partial charge is 0.445 e. The monoisotopic (exact) mass is 284 g/mol. The molecule has 0 bridgehead atoms. The zero-order valence-corrected chi connectivity index (χ0v) is 12.0. The fourth-order valence-corrected chi connectivity index (χ4v) is 2.37. The third-order valence-corrected chi connectivity index (χ3v) is 3.33. The SMILES string of the molecule is CC(C)CC(NC(=O)OCc1ccccc1)[P+](=O)O. The van der Waals surface area contributed by atoms with Gasteiger partial charge in [0.15, 0.2) is 0 Å². The fraction of sp³-hybridized carbons (Fsp3) is 0.462. The van der Waals surface area contributed by atoms with E-state index < -0.39 is 19.9 Å². The van der Waals surface area contributed by atoms with Gasteiger partial charge in [-0.3, -0.25) is 5.32 Å². The van der Waals surface area contributed by atoms with Crippen molar-refractivity contribution < 1.29 is 19.0 Å². The second-order valence-electron chi connectivity index (χ2n) is 4.65. The van der Waals surface area contributed by atoms with E-state index in [0.29, 0.717) is 6.42 Å². The van der Waals surface area contributed by atoms with Crippen molar-refractivity contribution in [2.45, 2.75) is 32.7 Å². The van der Waals surface area contributed by atoms with Gasteiger partial charge in [-0.05, 0) is 16.0 Å². The molecule has 2 N–H and O–H groups in total. The van der Waals surface area contributed by atoms with Crippen molar-refractivity contribution in [3.8, 4) is 0 Å². The number of ether oxygens (including phenoxy) is 1. The van der Waals surface area contributed by atoms with Crippen LogP contribution in [0.4, 0.5) is 4.79 Å². The molecule has 0 aliphatic rings. The molecule has 6 heteroatoms. The van der Waals surface area contributed by atoms with Crippen molar-refractivity contribution in [1.82, 2.24) is 5.32 Å². The van der Waals surface area contributed by atoms with Crippen molar-refractivity contribution in [3.05, 3.63) is 35.9 Å². The highest BCUT2D eigenvalue weighted by Gasteiger charge is 2.31. The van der Waals surface area contributed by atoms with Crippen LogP contribution in [0.5, 0.6) is 0 Å². The highest BCUT2D eigenvalue weighted by Crippen LogP contribution is 2.25. The number of rotatable bonds is 6. The number of nitrogens with one attached hydrogen (secondary N) is 1. The van der Waals surface area contributed by atoms with Crippen molar-refractivity contribution >= 4 is 14.1 Å². The first-order valence-corrected chi connectivity index (χ1v) is 7.39. The molecule has 0 aromatic heterocycles. The molecule has 0 radical (unpaired) electrons. The Balaban J connectivity index is 2.42. The van der Waals surface area contributed by atoms with Crippen molar-refractivity contribution in [2.75, 3.05) is 0 Å². The number of hydrogen-bond acceptors (Lipinski definition) is 3. The van der Waals surface area contributed by atoms with E-state index in [0.717, 1.165) is 5.56 Å². The maximum atomic E-state index is 11.5. The summed E-state index contributed by atoms with van der Waals surface area (Å²) in [5.74, 6) is -0.552. The Hall–Kier alpha value is -1.45. The largest absolute Gasteiger partial charge is 0.530 e. The van der Waals surface area contributed by atoms with Gasteiger partial charge in [0.25, 0.3) is 5.78 Å². The molecular weight excluding hydrogens is 265 g/mol. The maximum Gasteiger partial charge on any atom is 0.530 e. The molecule has 1 aromatic carbocycles. The van der Waals surface area contributed by atoms with Crippen LogP contribution >= 0.6 is 8.03 Å². The molecule has 104 valence electrons. The highest BCUT2D eigenvalue weighted by molar-refractivity contribution is 7.38. The molecule has 0 spiro atoms. The summed E-state index contributed by atoms with van der Waals surface area (Å²) in [5.41, 5.74) is 0.867. The van der Waals surface area contributed by atoms with Gasteiger partial charge in [-0.15, -0.1) is 0 Å². The Bertz CT molecular complexity index is 422. The topological polar surface area (TPSA) is 75.6 Å². The van der Waals surface area contributed by atoms with Gasteiger partial charge in [0.05, 0.1) is 0 Å². The molecule has 0 fully saturated rings. The van der Waals surface area contributed by atoms with E-state index in [9.17, 15) is 9.36 Å². The van der Waals surface area contributed by atoms with Gasteiger partial charge in [-0.25, -0.2) is 4.79 Å². The molecule has 0 saturated carbocycles. The van der Waals surface area contributed by atoms with E-state index in [1.807, 2.05) is 44.2 Å². The molecule has 0 heterocycles. The standard InChI is InChI=1S/C13H18NO4P/c1-10(2)8-12(19(16)17)14-13(15)18-9-11-6-4-3-5-7-11/h3-7,10,12H,8-9H2,1-2H3,(H-,14,15,16,17)/p+1. The summed E-state index contributed by atoms with van der Waals surface area (Å²) in [7, 11) is -2.46. The number of carbonyl (C=O) groups excluding carboxylic acids is 1. The molecule has 19 heavy (non-hydrogen) atoms. The van der Waals surface area contributed by atoms with Crippen molar-refractivity contribution in [1.29, 1.82) is 0 Å². The van der Waals surface area contributed by atoms with Crippen LogP contribution in [0.15, 0.2) is 30.3 Å². The van der Waals surface area contributed by atoms with Gasteiger partial charge >= 0.3 is 14.1 Å². The second-order valence-corrected chi connectivity index (χ2v) is 5.88. The lowest BCUT2D eigenvalue weighted by molar-refractivity contribution is 0.137. The summed E-state index contributed by atoms with van der Waals surface area (Å²) in [6.45, 7) is 3.98. The predicted octanol–water partition coefficient (Wildman–Crippen LogP) is 3.02. The van der Waals surface area contributed by atoms with E-state index in [4.69, 9.17) is 9.63 Å². The number of carbonyl (C=O) groups is 1. The van der Waals surface area contributed by atoms with Gasteiger partial charge in [-0.2, -0.15) is 4.89 Å². The highest BCUT2D eigenvalue weighted by atomic mass is 31.1. The lowest BCUT2D eigenvalue weighted by Crippen LogP contribution is -2.33. The molecule has 0 aliphatic heterocycles. The third kappa shape index (κ3) is 6.32. The normalized spacial score (nSPS) is 12.9. The second kappa shape index (κ2) is 7.87. The first kappa shape index (κ1) is 15.6. The molecule has 2 atom stereocenters. The molecule has 2 unspecified atom stereocenters. The van der Waals surface area contributed by atoms with Crippen LogP contribution in [-0.4, -0.2) is 16.8 Å². The van der Waals surface area contributed by atoms with Crippen molar-refractivity contribution in [3.63, 3.8) is 0 Å². The molecule has 0 aliphatic carbocycles. The fourth-order valence-electron chi connectivity index (χ4n) is 1.55. The first-order chi connectivity index (χ1) is 8.99. The number of amides is 1. The van der Waals surface area contributed by atoms with Crippen LogP contribution < -0.4 is 5.32 Å². The van der Waals surface area contributed by atoms with Gasteiger partial charge in [0.2, 0.25) is 0 Å². The van der Waals surface area contributed by atoms with E-state index in [2.05, 4.69) is 5.32 Å². The van der Waals surface area contributed by atoms with Crippen LogP contribution in [0.1, 0.15) is 25.8 Å². The summed E-state index contributed by atoms with van der Waals surface area (Å²) in [4.78, 5) is 20.7.